The SMILES string of the molecule is CN(CCCOc1ccc(Cl)cc1)C(=O)NCCCc1ccc(O)cc1. The molecule has 0 fully saturated rings. The van der Waals surface area contributed by atoms with E-state index in [0.29, 0.717) is 24.7 Å². The number of ether oxygens (including phenoxy) is 1. The van der Waals surface area contributed by atoms with Gasteiger partial charge in [0.05, 0.1) is 6.61 Å². The molecule has 26 heavy (non-hydrogen) atoms. The van der Waals surface area contributed by atoms with E-state index in [1.807, 2.05) is 24.3 Å². The van der Waals surface area contributed by atoms with Crippen molar-refractivity contribution in [3.63, 3.8) is 0 Å². The molecule has 0 atom stereocenters. The van der Waals surface area contributed by atoms with Gasteiger partial charge in [-0.2, -0.15) is 0 Å². The van der Waals surface area contributed by atoms with Gasteiger partial charge in [0.15, 0.2) is 0 Å². The predicted molar refractivity (Wildman–Crippen MR) is 104 cm³/mol. The standard InChI is InChI=1S/C20H25ClN2O3/c1-23(14-3-15-26-19-11-7-17(21)8-12-19)20(25)22-13-2-4-16-5-9-18(24)10-6-16/h5-12,24H,2-4,13-15H2,1H3,(H,22,25). The molecule has 0 unspecified atom stereocenters. The number of aryl methyl sites for hydroxylation is 1. The van der Waals surface area contributed by atoms with E-state index in [-0.39, 0.29) is 11.8 Å². The Morgan fingerprint density at radius 2 is 1.81 bits per heavy atom. The first-order valence-corrected chi connectivity index (χ1v) is 9.07. The van der Waals surface area contributed by atoms with Crippen molar-refractivity contribution >= 4 is 17.6 Å². The van der Waals surface area contributed by atoms with Crippen LogP contribution in [0.15, 0.2) is 48.5 Å². The Hall–Kier alpha value is -2.40. The van der Waals surface area contributed by atoms with Gasteiger partial charge in [0.1, 0.15) is 11.5 Å². The lowest BCUT2D eigenvalue weighted by atomic mass is 10.1. The zero-order valence-corrected chi connectivity index (χ0v) is 15.7. The highest BCUT2D eigenvalue weighted by Crippen LogP contribution is 2.15. The van der Waals surface area contributed by atoms with Gasteiger partial charge in [0.25, 0.3) is 0 Å². The first-order chi connectivity index (χ1) is 12.5. The third-order valence-electron chi connectivity index (χ3n) is 3.92. The molecule has 0 spiro atoms. The Bertz CT molecular complexity index is 674. The molecule has 2 rings (SSSR count). The molecule has 0 radical (unpaired) electrons. The van der Waals surface area contributed by atoms with Crippen molar-refractivity contribution in [3.8, 4) is 11.5 Å². The maximum atomic E-state index is 12.0. The van der Waals surface area contributed by atoms with Gasteiger partial charge in [-0.05, 0) is 61.2 Å². The van der Waals surface area contributed by atoms with Crippen LogP contribution in [-0.2, 0) is 6.42 Å². The Kier molecular flexibility index (Phi) is 8.09. The zero-order valence-electron chi connectivity index (χ0n) is 15.0. The van der Waals surface area contributed by atoms with Crippen LogP contribution in [0.4, 0.5) is 4.79 Å². The Balaban J connectivity index is 1.55. The van der Waals surface area contributed by atoms with E-state index in [0.717, 1.165) is 30.6 Å². The fourth-order valence-corrected chi connectivity index (χ4v) is 2.54. The van der Waals surface area contributed by atoms with Crippen LogP contribution in [0.1, 0.15) is 18.4 Å². The van der Waals surface area contributed by atoms with Crippen LogP contribution in [0.3, 0.4) is 0 Å². The van der Waals surface area contributed by atoms with E-state index in [1.165, 1.54) is 0 Å². The Labute approximate surface area is 159 Å². The van der Waals surface area contributed by atoms with Crippen LogP contribution in [-0.4, -0.2) is 42.8 Å². The molecule has 2 aromatic rings. The summed E-state index contributed by atoms with van der Waals surface area (Å²) >= 11 is 5.83. The van der Waals surface area contributed by atoms with Gasteiger partial charge in [-0.15, -0.1) is 0 Å². The second kappa shape index (κ2) is 10.6. The molecule has 5 nitrogen and oxygen atoms in total. The van der Waals surface area contributed by atoms with Gasteiger partial charge in [0.2, 0.25) is 0 Å². The Morgan fingerprint density at radius 3 is 2.50 bits per heavy atom. The highest BCUT2D eigenvalue weighted by atomic mass is 35.5. The van der Waals surface area contributed by atoms with Crippen molar-refractivity contribution in [2.75, 3.05) is 26.7 Å². The molecule has 0 bridgehead atoms. The number of aromatic hydroxyl groups is 1. The topological polar surface area (TPSA) is 61.8 Å². The molecule has 0 saturated carbocycles. The number of hydrogen-bond donors (Lipinski definition) is 2. The lowest BCUT2D eigenvalue weighted by Crippen LogP contribution is -2.38. The van der Waals surface area contributed by atoms with Gasteiger partial charge < -0.3 is 20.1 Å². The van der Waals surface area contributed by atoms with E-state index in [2.05, 4.69) is 5.32 Å². The lowest BCUT2D eigenvalue weighted by Gasteiger charge is -2.18. The number of benzene rings is 2. The van der Waals surface area contributed by atoms with Crippen LogP contribution in [0, 0.1) is 0 Å². The summed E-state index contributed by atoms with van der Waals surface area (Å²) in [6.07, 6.45) is 2.46. The summed E-state index contributed by atoms with van der Waals surface area (Å²) in [5, 5.41) is 12.8. The highest BCUT2D eigenvalue weighted by molar-refractivity contribution is 6.30. The molecular weight excluding hydrogens is 352 g/mol. The number of hydrogen-bond acceptors (Lipinski definition) is 3. The van der Waals surface area contributed by atoms with Crippen molar-refractivity contribution < 1.29 is 14.6 Å². The lowest BCUT2D eigenvalue weighted by molar-refractivity contribution is 0.203. The summed E-state index contributed by atoms with van der Waals surface area (Å²) in [6.45, 7) is 1.78. The van der Waals surface area contributed by atoms with Crippen LogP contribution in [0.25, 0.3) is 0 Å². The molecular formula is C20H25ClN2O3. The van der Waals surface area contributed by atoms with Crippen molar-refractivity contribution in [1.29, 1.82) is 0 Å². The highest BCUT2D eigenvalue weighted by Gasteiger charge is 2.07. The van der Waals surface area contributed by atoms with E-state index in [4.69, 9.17) is 16.3 Å². The molecule has 0 saturated heterocycles. The smallest absolute Gasteiger partial charge is 0.317 e. The van der Waals surface area contributed by atoms with Crippen molar-refractivity contribution in [3.05, 3.63) is 59.1 Å². The number of nitrogens with one attached hydrogen (secondary N) is 1. The van der Waals surface area contributed by atoms with Gasteiger partial charge >= 0.3 is 6.03 Å². The van der Waals surface area contributed by atoms with E-state index in [9.17, 15) is 9.90 Å². The molecule has 0 aliphatic carbocycles. The number of nitrogens with zero attached hydrogens (tertiary/aromatic N) is 1. The third-order valence-corrected chi connectivity index (χ3v) is 4.17. The molecule has 0 aliphatic heterocycles. The van der Waals surface area contributed by atoms with Crippen LogP contribution < -0.4 is 10.1 Å². The maximum Gasteiger partial charge on any atom is 0.317 e. The van der Waals surface area contributed by atoms with Gasteiger partial charge in [-0.3, -0.25) is 0 Å². The first kappa shape index (κ1) is 19.9. The number of phenols is 1. The molecule has 140 valence electrons. The second-order valence-electron chi connectivity index (χ2n) is 6.08. The number of carbonyl (C=O) groups is 1. The summed E-state index contributed by atoms with van der Waals surface area (Å²) in [5.41, 5.74) is 1.14. The molecule has 0 heterocycles. The summed E-state index contributed by atoms with van der Waals surface area (Å²) in [5.74, 6) is 1.04. The summed E-state index contributed by atoms with van der Waals surface area (Å²) < 4.78 is 5.61. The summed E-state index contributed by atoms with van der Waals surface area (Å²) in [6, 6.07) is 14.3. The van der Waals surface area contributed by atoms with Gasteiger partial charge in [0, 0.05) is 25.2 Å². The average Bonchev–Trinajstić information content (AvgIpc) is 2.65. The summed E-state index contributed by atoms with van der Waals surface area (Å²) in [4.78, 5) is 13.7. The molecule has 2 aromatic carbocycles. The van der Waals surface area contributed by atoms with Crippen molar-refractivity contribution in [2.45, 2.75) is 19.3 Å². The number of urea groups is 1. The number of rotatable bonds is 9. The average molecular weight is 377 g/mol. The quantitative estimate of drug-likeness (QED) is 0.648. The summed E-state index contributed by atoms with van der Waals surface area (Å²) in [7, 11) is 1.78. The van der Waals surface area contributed by atoms with E-state index < -0.39 is 0 Å². The molecule has 0 aliphatic rings. The Morgan fingerprint density at radius 1 is 1.12 bits per heavy atom. The second-order valence-corrected chi connectivity index (χ2v) is 6.52. The first-order valence-electron chi connectivity index (χ1n) is 8.70. The minimum absolute atomic E-state index is 0.0813. The van der Waals surface area contributed by atoms with Gasteiger partial charge in [-0.1, -0.05) is 23.7 Å². The fraction of sp³-hybridized carbons (Fsp3) is 0.350. The third kappa shape index (κ3) is 7.23. The van der Waals surface area contributed by atoms with Crippen LogP contribution >= 0.6 is 11.6 Å². The predicted octanol–water partition coefficient (Wildman–Crippen LogP) is 4.09. The minimum Gasteiger partial charge on any atom is -0.508 e. The van der Waals surface area contributed by atoms with Gasteiger partial charge in [-0.25, -0.2) is 4.79 Å². The number of carbonyl (C=O) groups excluding carboxylic acids is 1. The largest absolute Gasteiger partial charge is 0.508 e. The van der Waals surface area contributed by atoms with Crippen molar-refractivity contribution in [1.82, 2.24) is 10.2 Å². The fourth-order valence-electron chi connectivity index (χ4n) is 2.41. The normalized spacial score (nSPS) is 10.4. The molecule has 6 heteroatoms. The van der Waals surface area contributed by atoms with Crippen LogP contribution in [0.2, 0.25) is 5.02 Å². The number of phenolic OH excluding ortho intramolecular Hbond substituents is 1. The van der Waals surface area contributed by atoms with Crippen LogP contribution in [0.5, 0.6) is 11.5 Å². The number of amides is 2. The minimum atomic E-state index is -0.0813. The van der Waals surface area contributed by atoms with E-state index >= 15 is 0 Å². The molecule has 2 N–H and O–H groups in total. The van der Waals surface area contributed by atoms with E-state index in [1.54, 1.807) is 36.2 Å². The maximum absolute atomic E-state index is 12.0. The molecule has 2 amide bonds. The zero-order chi connectivity index (χ0) is 18.8. The monoisotopic (exact) mass is 376 g/mol. The molecule has 0 aromatic heterocycles. The number of halogens is 1. The van der Waals surface area contributed by atoms with Crippen molar-refractivity contribution in [2.24, 2.45) is 0 Å².